The Morgan fingerprint density at radius 1 is 1.30 bits per heavy atom. The van der Waals surface area contributed by atoms with E-state index in [4.69, 9.17) is 0 Å². The lowest BCUT2D eigenvalue weighted by Gasteiger charge is -2.14. The third-order valence-corrected chi connectivity index (χ3v) is 5.71. The van der Waals surface area contributed by atoms with E-state index in [1.165, 1.54) is 12.8 Å². The van der Waals surface area contributed by atoms with E-state index in [9.17, 15) is 9.50 Å². The Kier molecular flexibility index (Phi) is 4.03. The molecule has 1 aliphatic carbocycles. The Morgan fingerprint density at radius 2 is 2.13 bits per heavy atom. The Bertz CT molecular complexity index is 752. The molecule has 2 aromatic rings. The quantitative estimate of drug-likeness (QED) is 0.802. The van der Waals surface area contributed by atoms with Gasteiger partial charge in [-0.05, 0) is 31.0 Å². The van der Waals surface area contributed by atoms with Crippen molar-refractivity contribution in [3.8, 4) is 0 Å². The Morgan fingerprint density at radius 3 is 2.87 bits per heavy atom. The minimum Gasteiger partial charge on any atom is -0.394 e. The fourth-order valence-corrected chi connectivity index (χ4v) is 4.40. The first-order valence-corrected chi connectivity index (χ1v) is 9.12. The van der Waals surface area contributed by atoms with Crippen molar-refractivity contribution in [2.75, 3.05) is 17.7 Å². The zero-order valence-electron chi connectivity index (χ0n) is 12.8. The van der Waals surface area contributed by atoms with Crippen LogP contribution in [0.15, 0.2) is 23.2 Å². The maximum atomic E-state index is 14.0. The highest BCUT2D eigenvalue weighted by Crippen LogP contribution is 2.31. The molecular weight excluding hydrogens is 313 g/mol. The monoisotopic (exact) mass is 333 g/mol. The summed E-state index contributed by atoms with van der Waals surface area (Å²) in [6, 6.07) is 5.47. The van der Waals surface area contributed by atoms with Gasteiger partial charge in [0.05, 0.1) is 29.5 Å². The summed E-state index contributed by atoms with van der Waals surface area (Å²) in [6.45, 7) is 0.0693. The first-order valence-electron chi connectivity index (χ1n) is 8.13. The Balaban J connectivity index is 1.70. The van der Waals surface area contributed by atoms with E-state index in [-0.39, 0.29) is 18.5 Å². The first kappa shape index (κ1) is 15.0. The van der Waals surface area contributed by atoms with Crippen molar-refractivity contribution in [3.05, 3.63) is 29.7 Å². The number of thioether (sulfide) groups is 1. The minimum atomic E-state index is -0.224. The third-order valence-electron chi connectivity index (χ3n) is 4.56. The summed E-state index contributed by atoms with van der Waals surface area (Å²) in [6.07, 6.45) is 4.77. The summed E-state index contributed by atoms with van der Waals surface area (Å²) in [5, 5.41) is 14.5. The number of fused-ring (bicyclic) bond motifs is 1. The van der Waals surface area contributed by atoms with Gasteiger partial charge in [0, 0.05) is 17.2 Å². The first-order chi connectivity index (χ1) is 11.2. The van der Waals surface area contributed by atoms with Crippen LogP contribution in [0.3, 0.4) is 0 Å². The van der Waals surface area contributed by atoms with Crippen molar-refractivity contribution < 1.29 is 9.50 Å². The zero-order valence-corrected chi connectivity index (χ0v) is 13.6. The largest absolute Gasteiger partial charge is 0.394 e. The van der Waals surface area contributed by atoms with Crippen LogP contribution in [0.2, 0.25) is 0 Å². The van der Waals surface area contributed by atoms with E-state index < -0.39 is 0 Å². The van der Waals surface area contributed by atoms with Crippen LogP contribution in [0, 0.1) is 5.82 Å². The molecule has 122 valence electrons. The van der Waals surface area contributed by atoms with Gasteiger partial charge in [0.15, 0.2) is 0 Å². The van der Waals surface area contributed by atoms with E-state index in [1.807, 2.05) is 6.07 Å². The molecule has 1 atom stereocenters. The number of aliphatic imine (C=N–C) groups is 1. The number of halogens is 1. The molecule has 0 spiro atoms. The van der Waals surface area contributed by atoms with Gasteiger partial charge in [-0.1, -0.05) is 12.8 Å². The number of H-pyrrole nitrogens is 1. The van der Waals surface area contributed by atoms with Crippen molar-refractivity contribution in [3.63, 3.8) is 0 Å². The van der Waals surface area contributed by atoms with Crippen LogP contribution in [0.5, 0.6) is 0 Å². The van der Waals surface area contributed by atoms with Gasteiger partial charge < -0.3 is 15.4 Å². The van der Waals surface area contributed by atoms with E-state index in [1.54, 1.807) is 23.9 Å². The molecule has 1 aliphatic heterocycles. The molecule has 1 aromatic carbocycles. The molecule has 0 saturated heterocycles. The number of benzene rings is 1. The lowest BCUT2D eigenvalue weighted by molar-refractivity contribution is 0.277. The average Bonchev–Trinajstić information content (AvgIpc) is 3.26. The number of hydrogen-bond donors (Lipinski definition) is 3. The number of hydrogen-bond acceptors (Lipinski definition) is 4. The highest BCUT2D eigenvalue weighted by molar-refractivity contribution is 8.14. The lowest BCUT2D eigenvalue weighted by atomic mass is 10.2. The van der Waals surface area contributed by atoms with Gasteiger partial charge in [0.25, 0.3) is 0 Å². The standard InChI is InChI=1S/C17H20FN3OS/c18-11-5-10-6-15(17-20-13(8-22)9-23-17)21-16(10)14(7-11)19-12-3-1-2-4-12/h5-7,12-13,19,21-22H,1-4,8-9H2. The highest BCUT2D eigenvalue weighted by Gasteiger charge is 2.21. The molecule has 0 radical (unpaired) electrons. The maximum Gasteiger partial charge on any atom is 0.126 e. The number of aromatic amines is 1. The predicted octanol–water partition coefficient (Wildman–Crippen LogP) is 3.52. The summed E-state index contributed by atoms with van der Waals surface area (Å²) >= 11 is 1.63. The van der Waals surface area contributed by atoms with Crippen LogP contribution in [0.4, 0.5) is 10.1 Å². The number of nitrogens with zero attached hydrogens (tertiary/aromatic N) is 1. The fourth-order valence-electron chi connectivity index (χ4n) is 3.38. The van der Waals surface area contributed by atoms with Crippen LogP contribution in [0.25, 0.3) is 10.9 Å². The average molecular weight is 333 g/mol. The number of anilines is 1. The van der Waals surface area contributed by atoms with Crippen LogP contribution in [-0.2, 0) is 0 Å². The molecule has 2 heterocycles. The van der Waals surface area contributed by atoms with Crippen molar-refractivity contribution in [2.24, 2.45) is 4.99 Å². The Labute approximate surface area is 138 Å². The van der Waals surface area contributed by atoms with Crippen molar-refractivity contribution in [1.82, 2.24) is 4.98 Å². The third kappa shape index (κ3) is 2.97. The molecule has 1 saturated carbocycles. The number of rotatable bonds is 4. The molecule has 0 amide bonds. The lowest BCUT2D eigenvalue weighted by Crippen LogP contribution is -2.14. The topological polar surface area (TPSA) is 60.4 Å². The summed E-state index contributed by atoms with van der Waals surface area (Å²) in [5.41, 5.74) is 2.67. The molecule has 3 N–H and O–H groups in total. The van der Waals surface area contributed by atoms with Crippen molar-refractivity contribution in [2.45, 2.75) is 37.8 Å². The normalized spacial score (nSPS) is 22.0. The fraction of sp³-hybridized carbons (Fsp3) is 0.471. The summed E-state index contributed by atoms with van der Waals surface area (Å²) < 4.78 is 14.0. The van der Waals surface area contributed by atoms with Crippen molar-refractivity contribution in [1.29, 1.82) is 0 Å². The second kappa shape index (κ2) is 6.17. The summed E-state index contributed by atoms with van der Waals surface area (Å²) in [4.78, 5) is 7.90. The van der Waals surface area contributed by atoms with Crippen LogP contribution in [0.1, 0.15) is 31.4 Å². The number of nitrogens with one attached hydrogen (secondary N) is 2. The van der Waals surface area contributed by atoms with Crippen LogP contribution < -0.4 is 5.32 Å². The van der Waals surface area contributed by atoms with Crippen LogP contribution in [-0.4, -0.2) is 39.6 Å². The second-order valence-corrected chi connectivity index (χ2v) is 7.32. The summed E-state index contributed by atoms with van der Waals surface area (Å²) in [7, 11) is 0. The molecule has 6 heteroatoms. The smallest absolute Gasteiger partial charge is 0.126 e. The number of aromatic nitrogens is 1. The molecule has 1 fully saturated rings. The molecular formula is C17H20FN3OS. The maximum absolute atomic E-state index is 14.0. The van der Waals surface area contributed by atoms with Gasteiger partial charge in [-0.25, -0.2) is 4.39 Å². The van der Waals surface area contributed by atoms with Gasteiger partial charge in [-0.3, -0.25) is 4.99 Å². The van der Waals surface area contributed by atoms with E-state index in [0.717, 1.165) is 45.9 Å². The molecule has 4 nitrogen and oxygen atoms in total. The molecule has 4 rings (SSSR count). The van der Waals surface area contributed by atoms with Crippen molar-refractivity contribution >= 4 is 33.4 Å². The predicted molar refractivity (Wildman–Crippen MR) is 94.0 cm³/mol. The van der Waals surface area contributed by atoms with Gasteiger partial charge in [-0.2, -0.15) is 0 Å². The zero-order chi connectivity index (χ0) is 15.8. The molecule has 1 unspecified atom stereocenters. The highest BCUT2D eigenvalue weighted by atomic mass is 32.2. The van der Waals surface area contributed by atoms with Gasteiger partial charge in [-0.15, -0.1) is 11.8 Å². The van der Waals surface area contributed by atoms with E-state index in [2.05, 4.69) is 15.3 Å². The summed E-state index contributed by atoms with van der Waals surface area (Å²) in [5.74, 6) is 0.570. The molecule has 1 aromatic heterocycles. The number of aliphatic hydroxyl groups is 1. The van der Waals surface area contributed by atoms with Gasteiger partial charge in [0.1, 0.15) is 10.9 Å². The van der Waals surface area contributed by atoms with Gasteiger partial charge >= 0.3 is 0 Å². The molecule has 2 aliphatic rings. The van der Waals surface area contributed by atoms with Gasteiger partial charge in [0.2, 0.25) is 0 Å². The van der Waals surface area contributed by atoms with E-state index in [0.29, 0.717) is 6.04 Å². The SMILES string of the molecule is OCC1CSC(c2cc3cc(F)cc(NC4CCCC4)c3[nH]2)=N1. The minimum absolute atomic E-state index is 0.0331. The second-order valence-electron chi connectivity index (χ2n) is 6.31. The molecule has 0 bridgehead atoms. The Hall–Kier alpha value is -1.53. The van der Waals surface area contributed by atoms with Crippen LogP contribution >= 0.6 is 11.8 Å². The van der Waals surface area contributed by atoms with E-state index >= 15 is 0 Å². The number of aliphatic hydroxyl groups excluding tert-OH is 1. The molecule has 23 heavy (non-hydrogen) atoms.